The molecular weight excluding hydrogens is 520 g/mol. The van der Waals surface area contributed by atoms with Crippen LogP contribution >= 0.6 is 0 Å². The van der Waals surface area contributed by atoms with Gasteiger partial charge in [0, 0.05) is 18.6 Å². The highest BCUT2D eigenvalue weighted by Gasteiger charge is 2.59. The molecule has 8 heteroatoms. The van der Waals surface area contributed by atoms with Gasteiger partial charge < -0.3 is 20.0 Å². The van der Waals surface area contributed by atoms with Crippen LogP contribution in [0.2, 0.25) is 0 Å². The van der Waals surface area contributed by atoms with Gasteiger partial charge in [0.1, 0.15) is 5.78 Å². The molecule has 3 saturated carbocycles. The van der Waals surface area contributed by atoms with E-state index < -0.39 is 12.0 Å². The van der Waals surface area contributed by atoms with Gasteiger partial charge in [0.2, 0.25) is 0 Å². The molecule has 41 heavy (non-hydrogen) atoms. The molecule has 1 aliphatic heterocycles. The number of oxime groups is 1. The summed E-state index contributed by atoms with van der Waals surface area (Å²) in [5.74, 6) is 1.39. The quantitative estimate of drug-likeness (QED) is 0.362. The van der Waals surface area contributed by atoms with Gasteiger partial charge >= 0.3 is 5.97 Å². The molecule has 1 amide bonds. The molecular formula is C33H50N2O6. The smallest absolute Gasteiger partial charge is 0.305 e. The highest BCUT2D eigenvalue weighted by atomic mass is 16.6. The number of ether oxygens (including phenoxy) is 1. The molecule has 4 fully saturated rings. The maximum Gasteiger partial charge on any atom is 0.305 e. The van der Waals surface area contributed by atoms with Gasteiger partial charge in [-0.2, -0.15) is 0 Å². The number of carboxylic acids is 1. The van der Waals surface area contributed by atoms with Crippen LogP contribution in [0.4, 0.5) is 0 Å². The first-order valence-electron chi connectivity index (χ1n) is 15.9. The molecule has 1 heterocycles. The molecule has 0 radical (unpaired) electrons. The molecule has 8 nitrogen and oxygen atoms in total. The van der Waals surface area contributed by atoms with Gasteiger partial charge in [0.15, 0.2) is 6.61 Å². The average molecular weight is 571 g/mol. The first-order chi connectivity index (χ1) is 19.3. The molecule has 5 aliphatic rings. The zero-order valence-electron chi connectivity index (χ0n) is 25.7. The topological polar surface area (TPSA) is 114 Å². The van der Waals surface area contributed by atoms with E-state index in [1.807, 2.05) is 13.8 Å². The number of nitrogens with one attached hydrogen (secondary N) is 1. The number of ketones is 1. The molecule has 0 aromatic rings. The van der Waals surface area contributed by atoms with Crippen molar-refractivity contribution in [3.63, 3.8) is 0 Å². The lowest BCUT2D eigenvalue weighted by atomic mass is 9.46. The number of nitrogens with zero attached hydrogens (tertiary/aromatic N) is 1. The second kappa shape index (κ2) is 11.5. The standard InChI is InChI=1S/C33H50N2O6/c1-20(36)25-8-9-26-24-7-6-22-16-23(10-13-32(22,4)27(24)11-14-33(25,26)5)35-41-19-29(37)34-28(17-30(38)39)21-12-15-40-31(2,3)18-21/h16,21,24-28H,6-15,17-19H2,1-5H3,(H,34,37)(H,38,39)/b35-23+/t21-,24+,25-,26+,27+,28-,32+,33-/m1/s1. The Bertz CT molecular complexity index is 1110. The van der Waals surface area contributed by atoms with E-state index in [1.165, 1.54) is 24.8 Å². The number of rotatable bonds is 8. The van der Waals surface area contributed by atoms with E-state index in [2.05, 4.69) is 30.4 Å². The van der Waals surface area contributed by atoms with Crippen LogP contribution in [-0.2, 0) is 24.0 Å². The Labute approximate surface area is 245 Å². The lowest BCUT2D eigenvalue weighted by Gasteiger charge is -2.58. The van der Waals surface area contributed by atoms with Crippen molar-refractivity contribution in [1.82, 2.24) is 5.32 Å². The Morgan fingerprint density at radius 1 is 1.07 bits per heavy atom. The minimum atomic E-state index is -0.929. The molecule has 2 N–H and O–H groups in total. The second-order valence-corrected chi connectivity index (χ2v) is 14.8. The Hall–Kier alpha value is -2.22. The third kappa shape index (κ3) is 6.00. The third-order valence-electron chi connectivity index (χ3n) is 11.9. The van der Waals surface area contributed by atoms with Crippen molar-refractivity contribution in [2.45, 2.75) is 117 Å². The molecule has 0 aromatic carbocycles. The second-order valence-electron chi connectivity index (χ2n) is 14.8. The van der Waals surface area contributed by atoms with Crippen molar-refractivity contribution in [3.8, 4) is 0 Å². The lowest BCUT2D eigenvalue weighted by molar-refractivity contribution is -0.140. The van der Waals surface area contributed by atoms with Crippen molar-refractivity contribution in [1.29, 1.82) is 0 Å². The molecule has 0 unspecified atom stereocenters. The monoisotopic (exact) mass is 570 g/mol. The van der Waals surface area contributed by atoms with E-state index in [-0.39, 0.29) is 47.2 Å². The van der Waals surface area contributed by atoms with Gasteiger partial charge in [-0.1, -0.05) is 24.6 Å². The molecule has 0 spiro atoms. The zero-order valence-corrected chi connectivity index (χ0v) is 25.7. The maximum absolute atomic E-state index is 12.7. The number of fused-ring (bicyclic) bond motifs is 5. The first-order valence-corrected chi connectivity index (χ1v) is 15.9. The Morgan fingerprint density at radius 3 is 2.56 bits per heavy atom. The Kier molecular flexibility index (Phi) is 8.45. The number of hydrogen-bond acceptors (Lipinski definition) is 6. The molecule has 4 aliphatic carbocycles. The van der Waals surface area contributed by atoms with E-state index >= 15 is 0 Å². The number of aliphatic carboxylic acids is 1. The van der Waals surface area contributed by atoms with E-state index in [0.717, 1.165) is 44.2 Å². The van der Waals surface area contributed by atoms with Gasteiger partial charge in [-0.05, 0) is 126 Å². The largest absolute Gasteiger partial charge is 0.481 e. The summed E-state index contributed by atoms with van der Waals surface area (Å²) in [6, 6.07) is -0.463. The van der Waals surface area contributed by atoms with Crippen molar-refractivity contribution >= 4 is 23.4 Å². The molecule has 1 saturated heterocycles. The summed E-state index contributed by atoms with van der Waals surface area (Å²) in [4.78, 5) is 42.2. The number of carboxylic acid groups (broad SMARTS) is 1. The predicted molar refractivity (Wildman–Crippen MR) is 156 cm³/mol. The van der Waals surface area contributed by atoms with Crippen LogP contribution in [0, 0.1) is 40.4 Å². The average Bonchev–Trinajstić information content (AvgIpc) is 3.25. The summed E-state index contributed by atoms with van der Waals surface area (Å²) >= 11 is 0. The Morgan fingerprint density at radius 2 is 1.85 bits per heavy atom. The molecule has 5 rings (SSSR count). The number of hydrogen-bond donors (Lipinski definition) is 2. The van der Waals surface area contributed by atoms with Crippen LogP contribution < -0.4 is 5.32 Å². The highest BCUT2D eigenvalue weighted by molar-refractivity contribution is 5.96. The molecule has 228 valence electrons. The number of allylic oxidation sites excluding steroid dienone is 2. The highest BCUT2D eigenvalue weighted by Crippen LogP contribution is 2.66. The Balaban J connectivity index is 1.19. The summed E-state index contributed by atoms with van der Waals surface area (Å²) in [6.07, 6.45) is 12.2. The molecule has 0 bridgehead atoms. The van der Waals surface area contributed by atoms with Crippen LogP contribution in [0.5, 0.6) is 0 Å². The summed E-state index contributed by atoms with van der Waals surface area (Å²) in [5, 5.41) is 16.7. The predicted octanol–water partition coefficient (Wildman–Crippen LogP) is 5.69. The number of Topliss-reactive ketones (excluding diaryl/α,β-unsaturated/α-hetero) is 1. The molecule has 0 aromatic heterocycles. The third-order valence-corrected chi connectivity index (χ3v) is 11.9. The number of amides is 1. The van der Waals surface area contributed by atoms with Gasteiger partial charge in [0.05, 0.1) is 17.7 Å². The normalized spacial score (nSPS) is 39.5. The van der Waals surface area contributed by atoms with E-state index in [4.69, 9.17) is 9.57 Å². The minimum Gasteiger partial charge on any atom is -0.481 e. The minimum absolute atomic E-state index is 0.0382. The number of carbonyl (C=O) groups is 3. The summed E-state index contributed by atoms with van der Waals surface area (Å²) < 4.78 is 5.78. The van der Waals surface area contributed by atoms with Gasteiger partial charge in [-0.3, -0.25) is 14.4 Å². The fourth-order valence-corrected chi connectivity index (χ4v) is 9.88. The van der Waals surface area contributed by atoms with E-state index in [0.29, 0.717) is 36.6 Å². The fourth-order valence-electron chi connectivity index (χ4n) is 9.88. The van der Waals surface area contributed by atoms with Crippen LogP contribution in [0.15, 0.2) is 16.8 Å². The SMILES string of the molecule is CC(=O)[C@H]1CC[C@H]2[C@@H]3CCC4=C/C(=N/OCC(=O)N[C@H](CC(=O)O)[C@@H]5CCOC(C)(C)C5)CC[C@]4(C)[C@H]3CC[C@]12C. The number of carbonyl (C=O) groups excluding carboxylic acids is 2. The van der Waals surface area contributed by atoms with Crippen LogP contribution in [0.3, 0.4) is 0 Å². The van der Waals surface area contributed by atoms with Gasteiger partial charge in [0.25, 0.3) is 5.91 Å². The van der Waals surface area contributed by atoms with Crippen molar-refractivity contribution in [2.24, 2.45) is 45.6 Å². The zero-order chi connectivity index (χ0) is 29.6. The summed E-state index contributed by atoms with van der Waals surface area (Å²) in [5.41, 5.74) is 2.35. The van der Waals surface area contributed by atoms with Gasteiger partial charge in [-0.25, -0.2) is 0 Å². The van der Waals surface area contributed by atoms with Crippen molar-refractivity contribution in [2.75, 3.05) is 13.2 Å². The van der Waals surface area contributed by atoms with Crippen molar-refractivity contribution < 1.29 is 29.1 Å². The van der Waals surface area contributed by atoms with E-state index in [9.17, 15) is 19.5 Å². The maximum atomic E-state index is 12.7. The van der Waals surface area contributed by atoms with Crippen LogP contribution in [-0.4, -0.2) is 53.3 Å². The summed E-state index contributed by atoms with van der Waals surface area (Å²) in [7, 11) is 0. The van der Waals surface area contributed by atoms with Gasteiger partial charge in [-0.15, -0.1) is 0 Å². The summed E-state index contributed by atoms with van der Waals surface area (Å²) in [6.45, 7) is 11.0. The van der Waals surface area contributed by atoms with Crippen LogP contribution in [0.1, 0.15) is 105 Å². The first kappa shape index (κ1) is 30.2. The molecule has 8 atom stereocenters. The van der Waals surface area contributed by atoms with E-state index in [1.54, 1.807) is 6.92 Å². The van der Waals surface area contributed by atoms with Crippen molar-refractivity contribution in [3.05, 3.63) is 11.6 Å². The van der Waals surface area contributed by atoms with Crippen LogP contribution in [0.25, 0.3) is 0 Å². The lowest BCUT2D eigenvalue weighted by Crippen LogP contribution is -2.51. The fraction of sp³-hybridized carbons (Fsp3) is 0.818.